The molecule has 0 atom stereocenters. The maximum absolute atomic E-state index is 12.7. The highest BCUT2D eigenvalue weighted by atomic mass is 16.5. The first kappa shape index (κ1) is 30.4. The predicted molar refractivity (Wildman–Crippen MR) is 136 cm³/mol. The molecule has 0 aromatic heterocycles. The summed E-state index contributed by atoms with van der Waals surface area (Å²) in [5.74, 6) is 0.871. The van der Waals surface area contributed by atoms with E-state index in [4.69, 9.17) is 4.74 Å². The summed E-state index contributed by atoms with van der Waals surface area (Å²) in [6, 6.07) is 0. The number of carbonyl (C=O) groups excluding carboxylic acids is 2. The molecule has 0 bridgehead atoms. The van der Waals surface area contributed by atoms with Crippen LogP contribution >= 0.6 is 0 Å². The molecule has 0 N–H and O–H groups in total. The van der Waals surface area contributed by atoms with E-state index in [-0.39, 0.29) is 22.6 Å². The molecule has 0 aromatic rings. The number of ether oxygens (including phenoxy) is 1. The van der Waals surface area contributed by atoms with Crippen LogP contribution in [0.2, 0.25) is 0 Å². The molecule has 32 heavy (non-hydrogen) atoms. The van der Waals surface area contributed by atoms with Crippen molar-refractivity contribution in [1.29, 1.82) is 0 Å². The van der Waals surface area contributed by atoms with E-state index in [2.05, 4.69) is 61.6 Å². The molecule has 5 nitrogen and oxygen atoms in total. The Morgan fingerprint density at radius 3 is 1.69 bits per heavy atom. The minimum Gasteiger partial charge on any atom is -0.380 e. The minimum atomic E-state index is -0.176. The molecule has 0 saturated heterocycles. The van der Waals surface area contributed by atoms with E-state index >= 15 is 0 Å². The third-order valence-electron chi connectivity index (χ3n) is 5.31. The summed E-state index contributed by atoms with van der Waals surface area (Å²) >= 11 is 0. The maximum Gasteiger partial charge on any atom is 0.222 e. The van der Waals surface area contributed by atoms with E-state index in [0.717, 1.165) is 19.3 Å². The van der Waals surface area contributed by atoms with Crippen LogP contribution in [-0.4, -0.2) is 61.0 Å². The fourth-order valence-electron chi connectivity index (χ4n) is 3.61. The zero-order chi connectivity index (χ0) is 24.8. The van der Waals surface area contributed by atoms with Crippen LogP contribution in [-0.2, 0) is 14.3 Å². The molecular weight excluding hydrogens is 400 g/mol. The van der Waals surface area contributed by atoms with Crippen LogP contribution < -0.4 is 0 Å². The molecule has 0 unspecified atom stereocenters. The van der Waals surface area contributed by atoms with Crippen LogP contribution in [0.25, 0.3) is 0 Å². The van der Waals surface area contributed by atoms with Crippen LogP contribution in [0.1, 0.15) is 80.6 Å². The molecule has 0 radical (unpaired) electrons. The highest BCUT2D eigenvalue weighted by molar-refractivity contribution is 5.76. The molecule has 0 spiro atoms. The number of carbonyl (C=O) groups is 2. The maximum atomic E-state index is 12.7. The molecule has 186 valence electrons. The van der Waals surface area contributed by atoms with E-state index in [1.54, 1.807) is 12.2 Å². The Morgan fingerprint density at radius 1 is 0.875 bits per heavy atom. The molecule has 0 aliphatic rings. The van der Waals surface area contributed by atoms with Gasteiger partial charge in [-0.1, -0.05) is 67.0 Å². The van der Waals surface area contributed by atoms with Gasteiger partial charge >= 0.3 is 0 Å². The molecule has 2 amide bonds. The average molecular weight is 451 g/mol. The van der Waals surface area contributed by atoms with Gasteiger partial charge in [0, 0.05) is 49.9 Å². The lowest BCUT2D eigenvalue weighted by Gasteiger charge is -2.35. The van der Waals surface area contributed by atoms with Gasteiger partial charge in [0.1, 0.15) is 0 Å². The van der Waals surface area contributed by atoms with E-state index < -0.39 is 0 Å². The van der Waals surface area contributed by atoms with E-state index in [9.17, 15) is 9.59 Å². The predicted octanol–water partition coefficient (Wildman–Crippen LogP) is 5.71. The number of amides is 2. The van der Waals surface area contributed by atoms with Crippen molar-refractivity contribution in [3.05, 3.63) is 25.3 Å². The molecule has 0 fully saturated rings. The number of hydrogen-bond acceptors (Lipinski definition) is 3. The molecule has 0 aliphatic carbocycles. The SMILES string of the molecule is C=CCN(CC(C)(C)COCC(C)(C)CN(CC=C)C(=O)CCC(C)C)C(=O)CCCC. The first-order valence-electron chi connectivity index (χ1n) is 12.2. The minimum absolute atomic E-state index is 0.172. The van der Waals surface area contributed by atoms with Crippen LogP contribution in [0.3, 0.4) is 0 Å². The van der Waals surface area contributed by atoms with Crippen molar-refractivity contribution >= 4 is 11.8 Å². The van der Waals surface area contributed by atoms with Crippen molar-refractivity contribution in [2.24, 2.45) is 16.7 Å². The van der Waals surface area contributed by atoms with Crippen LogP contribution in [0.4, 0.5) is 0 Å². The quantitative estimate of drug-likeness (QED) is 0.251. The fourth-order valence-corrected chi connectivity index (χ4v) is 3.61. The summed E-state index contributed by atoms with van der Waals surface area (Å²) in [5, 5.41) is 0. The lowest BCUT2D eigenvalue weighted by Crippen LogP contribution is -2.43. The van der Waals surface area contributed by atoms with Gasteiger partial charge in [-0.3, -0.25) is 9.59 Å². The fraction of sp³-hybridized carbons (Fsp3) is 0.778. The van der Waals surface area contributed by atoms with Gasteiger partial charge in [0.25, 0.3) is 0 Å². The van der Waals surface area contributed by atoms with Gasteiger partial charge in [0.15, 0.2) is 0 Å². The second-order valence-corrected chi connectivity index (χ2v) is 11.0. The number of unbranched alkanes of at least 4 members (excludes halogenated alkanes) is 1. The smallest absolute Gasteiger partial charge is 0.222 e. The normalized spacial score (nSPS) is 12.0. The summed E-state index contributed by atoms with van der Waals surface area (Å²) in [5.41, 5.74) is -0.348. The molecule has 0 rings (SSSR count). The summed E-state index contributed by atoms with van der Waals surface area (Å²) in [6.07, 6.45) is 7.55. The second kappa shape index (κ2) is 15.3. The lowest BCUT2D eigenvalue weighted by molar-refractivity contribution is -0.133. The number of nitrogens with zero attached hydrogens (tertiary/aromatic N) is 2. The summed E-state index contributed by atoms with van der Waals surface area (Å²) in [7, 11) is 0. The van der Waals surface area contributed by atoms with Crippen LogP contribution in [0.5, 0.6) is 0 Å². The highest BCUT2D eigenvalue weighted by Gasteiger charge is 2.28. The van der Waals surface area contributed by atoms with Gasteiger partial charge in [0.2, 0.25) is 11.8 Å². The standard InChI is InChI=1S/C27H50N2O3/c1-10-13-14-24(30)28(17-11-2)19-26(6,7)21-32-22-27(8,9)20-29(18-12-3)25(31)16-15-23(4)5/h11-12,23H,2-3,10,13-22H2,1,4-9H3. The Hall–Kier alpha value is -1.62. The lowest BCUT2D eigenvalue weighted by atomic mass is 9.91. The van der Waals surface area contributed by atoms with Gasteiger partial charge < -0.3 is 14.5 Å². The van der Waals surface area contributed by atoms with Crippen LogP contribution in [0.15, 0.2) is 25.3 Å². The first-order valence-corrected chi connectivity index (χ1v) is 12.2. The van der Waals surface area contributed by atoms with E-state index in [0.29, 0.717) is 58.2 Å². The first-order chi connectivity index (χ1) is 14.9. The van der Waals surface area contributed by atoms with Crippen molar-refractivity contribution in [1.82, 2.24) is 9.80 Å². The molecule has 5 heteroatoms. The largest absolute Gasteiger partial charge is 0.380 e. The Kier molecular flexibility index (Phi) is 14.5. The molecule has 0 saturated carbocycles. The third-order valence-corrected chi connectivity index (χ3v) is 5.31. The van der Waals surface area contributed by atoms with Gasteiger partial charge in [-0.25, -0.2) is 0 Å². The summed E-state index contributed by atoms with van der Waals surface area (Å²) in [4.78, 5) is 29.0. The zero-order valence-electron chi connectivity index (χ0n) is 22.0. The number of rotatable bonds is 18. The van der Waals surface area contributed by atoms with Gasteiger partial charge in [-0.2, -0.15) is 0 Å². The van der Waals surface area contributed by atoms with E-state index in [1.165, 1.54) is 0 Å². The third kappa shape index (κ3) is 13.7. The van der Waals surface area contributed by atoms with Gasteiger partial charge in [0.05, 0.1) is 13.2 Å². The van der Waals surface area contributed by atoms with Crippen LogP contribution in [0, 0.1) is 16.7 Å². The number of hydrogen-bond donors (Lipinski definition) is 0. The van der Waals surface area contributed by atoms with Crippen molar-refractivity contribution in [3.63, 3.8) is 0 Å². The molecule has 0 aromatic carbocycles. The Morgan fingerprint density at radius 2 is 1.31 bits per heavy atom. The van der Waals surface area contributed by atoms with Gasteiger partial charge in [-0.05, 0) is 18.8 Å². The van der Waals surface area contributed by atoms with Crippen molar-refractivity contribution < 1.29 is 14.3 Å². The summed E-state index contributed by atoms with van der Waals surface area (Å²) in [6.45, 7) is 26.0. The zero-order valence-corrected chi connectivity index (χ0v) is 22.0. The highest BCUT2D eigenvalue weighted by Crippen LogP contribution is 2.23. The second-order valence-electron chi connectivity index (χ2n) is 11.0. The molecule has 0 heterocycles. The Labute approximate surface area is 198 Å². The summed E-state index contributed by atoms with van der Waals surface area (Å²) < 4.78 is 6.13. The Balaban J connectivity index is 4.82. The Bertz CT molecular complexity index is 581. The topological polar surface area (TPSA) is 49.9 Å². The van der Waals surface area contributed by atoms with Crippen molar-refractivity contribution in [2.45, 2.75) is 80.6 Å². The van der Waals surface area contributed by atoms with Gasteiger partial charge in [-0.15, -0.1) is 13.2 Å². The van der Waals surface area contributed by atoms with E-state index in [1.807, 2.05) is 9.80 Å². The average Bonchev–Trinajstić information content (AvgIpc) is 2.68. The molecule has 0 aliphatic heterocycles. The van der Waals surface area contributed by atoms with Crippen molar-refractivity contribution in [2.75, 3.05) is 39.4 Å². The molecular formula is C27H50N2O3. The van der Waals surface area contributed by atoms with Crippen molar-refractivity contribution in [3.8, 4) is 0 Å². The monoisotopic (exact) mass is 450 g/mol.